The predicted molar refractivity (Wildman–Crippen MR) is 58.5 cm³/mol. The first-order chi connectivity index (χ1) is 7.54. The summed E-state index contributed by atoms with van der Waals surface area (Å²) in [7, 11) is 0. The average Bonchev–Trinajstić information content (AvgIpc) is 2.25. The van der Waals surface area contributed by atoms with Crippen LogP contribution < -0.4 is 5.32 Å². The Hall–Kier alpha value is -1.60. The van der Waals surface area contributed by atoms with Crippen molar-refractivity contribution >= 4 is 17.5 Å². The molecule has 0 heterocycles. The van der Waals surface area contributed by atoms with Gasteiger partial charge in [0.25, 0.3) is 5.91 Å². The highest BCUT2D eigenvalue weighted by atomic mass is 35.5. The van der Waals surface area contributed by atoms with E-state index in [0.29, 0.717) is 0 Å². The molecule has 1 N–H and O–H groups in total. The van der Waals surface area contributed by atoms with Crippen LogP contribution in [0, 0.1) is 23.1 Å². The summed E-state index contributed by atoms with van der Waals surface area (Å²) in [5.41, 5.74) is 0.202. The van der Waals surface area contributed by atoms with Crippen molar-refractivity contribution in [2.45, 2.75) is 6.92 Å². The van der Waals surface area contributed by atoms with E-state index in [1.807, 2.05) is 6.07 Å². The van der Waals surface area contributed by atoms with Crippen LogP contribution in [0.3, 0.4) is 0 Å². The molecule has 1 unspecified atom stereocenters. The van der Waals surface area contributed by atoms with Gasteiger partial charge in [0.05, 0.1) is 22.6 Å². The number of amides is 1. The third-order valence-electron chi connectivity index (χ3n) is 1.96. The molecule has 1 atom stereocenters. The Bertz CT molecular complexity index is 442. The average molecular weight is 241 g/mol. The van der Waals surface area contributed by atoms with E-state index in [-0.39, 0.29) is 23.0 Å². The first-order valence-corrected chi connectivity index (χ1v) is 5.05. The largest absolute Gasteiger partial charge is 0.351 e. The Labute approximate surface area is 97.8 Å². The van der Waals surface area contributed by atoms with Crippen molar-refractivity contribution in [1.29, 1.82) is 5.26 Å². The molecule has 0 fully saturated rings. The number of nitriles is 1. The van der Waals surface area contributed by atoms with Crippen LogP contribution in [-0.2, 0) is 0 Å². The number of benzene rings is 1. The summed E-state index contributed by atoms with van der Waals surface area (Å²) in [5.74, 6) is -1.18. The van der Waals surface area contributed by atoms with Crippen molar-refractivity contribution in [2.24, 2.45) is 5.92 Å². The van der Waals surface area contributed by atoms with Gasteiger partial charge in [0.2, 0.25) is 0 Å². The van der Waals surface area contributed by atoms with Crippen molar-refractivity contribution in [1.82, 2.24) is 5.32 Å². The highest BCUT2D eigenvalue weighted by Gasteiger charge is 2.11. The highest BCUT2D eigenvalue weighted by Crippen LogP contribution is 2.16. The fraction of sp³-hybridized carbons (Fsp3) is 0.273. The maximum Gasteiger partial charge on any atom is 0.252 e. The Morgan fingerprint density at radius 2 is 2.38 bits per heavy atom. The zero-order chi connectivity index (χ0) is 12.1. The van der Waals surface area contributed by atoms with Gasteiger partial charge < -0.3 is 5.32 Å². The standard InChI is InChI=1S/C11H10ClFN2O/c1-7(5-14)6-15-11(16)9-3-2-8(13)4-10(9)12/h2-4,7H,6H2,1H3,(H,15,16). The second-order valence-electron chi connectivity index (χ2n) is 3.36. The molecule has 0 saturated carbocycles. The molecular weight excluding hydrogens is 231 g/mol. The Morgan fingerprint density at radius 3 is 2.94 bits per heavy atom. The minimum atomic E-state index is -0.494. The van der Waals surface area contributed by atoms with E-state index < -0.39 is 11.7 Å². The first-order valence-electron chi connectivity index (χ1n) is 4.67. The molecule has 5 heteroatoms. The zero-order valence-corrected chi connectivity index (χ0v) is 9.38. The fourth-order valence-corrected chi connectivity index (χ4v) is 1.31. The van der Waals surface area contributed by atoms with Crippen LogP contribution in [-0.4, -0.2) is 12.5 Å². The first kappa shape index (κ1) is 12.5. The van der Waals surface area contributed by atoms with E-state index in [1.54, 1.807) is 6.92 Å². The number of hydrogen-bond acceptors (Lipinski definition) is 2. The predicted octanol–water partition coefficient (Wildman–Crippen LogP) is 2.37. The number of carbonyl (C=O) groups is 1. The lowest BCUT2D eigenvalue weighted by atomic mass is 10.2. The van der Waals surface area contributed by atoms with Crippen molar-refractivity contribution in [3.05, 3.63) is 34.6 Å². The van der Waals surface area contributed by atoms with Gasteiger partial charge in [-0.25, -0.2) is 4.39 Å². The van der Waals surface area contributed by atoms with Crippen LogP contribution in [0.15, 0.2) is 18.2 Å². The van der Waals surface area contributed by atoms with Crippen LogP contribution in [0.4, 0.5) is 4.39 Å². The van der Waals surface area contributed by atoms with Crippen LogP contribution in [0.2, 0.25) is 5.02 Å². The van der Waals surface area contributed by atoms with Crippen molar-refractivity contribution in [3.8, 4) is 6.07 Å². The number of nitrogens with zero attached hydrogens (tertiary/aromatic N) is 1. The van der Waals surface area contributed by atoms with Gasteiger partial charge in [-0.05, 0) is 25.1 Å². The quantitative estimate of drug-likeness (QED) is 0.882. The molecule has 1 amide bonds. The summed E-state index contributed by atoms with van der Waals surface area (Å²) >= 11 is 5.71. The zero-order valence-electron chi connectivity index (χ0n) is 8.63. The maximum absolute atomic E-state index is 12.7. The van der Waals surface area contributed by atoms with Gasteiger partial charge in [0.15, 0.2) is 0 Å². The summed E-state index contributed by atoms with van der Waals surface area (Å²) in [6.45, 7) is 1.93. The van der Waals surface area contributed by atoms with Crippen LogP contribution in [0.5, 0.6) is 0 Å². The summed E-state index contributed by atoms with van der Waals surface area (Å²) in [4.78, 5) is 11.6. The van der Waals surface area contributed by atoms with E-state index in [1.165, 1.54) is 6.07 Å². The maximum atomic E-state index is 12.7. The Kier molecular flexibility index (Phi) is 4.27. The highest BCUT2D eigenvalue weighted by molar-refractivity contribution is 6.33. The molecule has 0 radical (unpaired) electrons. The van der Waals surface area contributed by atoms with E-state index in [2.05, 4.69) is 5.32 Å². The van der Waals surface area contributed by atoms with Crippen molar-refractivity contribution in [3.63, 3.8) is 0 Å². The molecule has 0 spiro atoms. The smallest absolute Gasteiger partial charge is 0.252 e. The lowest BCUT2D eigenvalue weighted by Crippen LogP contribution is -2.28. The Balaban J connectivity index is 2.71. The lowest BCUT2D eigenvalue weighted by Gasteiger charge is -2.07. The third kappa shape index (κ3) is 3.21. The number of rotatable bonds is 3. The van der Waals surface area contributed by atoms with E-state index in [0.717, 1.165) is 12.1 Å². The Morgan fingerprint density at radius 1 is 1.69 bits per heavy atom. The number of carbonyl (C=O) groups excluding carboxylic acids is 1. The topological polar surface area (TPSA) is 52.9 Å². The van der Waals surface area contributed by atoms with Gasteiger partial charge in [0, 0.05) is 6.54 Å². The SMILES string of the molecule is CC(C#N)CNC(=O)c1ccc(F)cc1Cl. The van der Waals surface area contributed by atoms with Crippen LogP contribution in [0.25, 0.3) is 0 Å². The number of hydrogen-bond donors (Lipinski definition) is 1. The number of halogens is 2. The second kappa shape index (κ2) is 5.47. The molecule has 84 valence electrons. The molecular formula is C11H10ClFN2O. The molecule has 0 aromatic heterocycles. The molecule has 0 aliphatic heterocycles. The number of nitrogens with one attached hydrogen (secondary N) is 1. The van der Waals surface area contributed by atoms with E-state index in [9.17, 15) is 9.18 Å². The minimum absolute atomic E-state index is 0.0575. The lowest BCUT2D eigenvalue weighted by molar-refractivity contribution is 0.0951. The normalized spacial score (nSPS) is 11.6. The van der Waals surface area contributed by atoms with Gasteiger partial charge in [0.1, 0.15) is 5.82 Å². The molecule has 3 nitrogen and oxygen atoms in total. The minimum Gasteiger partial charge on any atom is -0.351 e. The fourth-order valence-electron chi connectivity index (χ4n) is 1.06. The van der Waals surface area contributed by atoms with Gasteiger partial charge in [-0.15, -0.1) is 0 Å². The van der Waals surface area contributed by atoms with E-state index >= 15 is 0 Å². The summed E-state index contributed by atoms with van der Waals surface area (Å²) in [5, 5.41) is 11.1. The molecule has 1 rings (SSSR count). The van der Waals surface area contributed by atoms with Crippen LogP contribution >= 0.6 is 11.6 Å². The molecule has 16 heavy (non-hydrogen) atoms. The molecule has 1 aromatic rings. The van der Waals surface area contributed by atoms with Crippen molar-refractivity contribution < 1.29 is 9.18 Å². The summed E-state index contributed by atoms with van der Waals surface area (Å²) in [6.07, 6.45) is 0. The van der Waals surface area contributed by atoms with Crippen molar-refractivity contribution in [2.75, 3.05) is 6.54 Å². The second-order valence-corrected chi connectivity index (χ2v) is 3.77. The third-order valence-corrected chi connectivity index (χ3v) is 2.28. The summed E-state index contributed by atoms with van der Waals surface area (Å²) < 4.78 is 12.7. The molecule has 0 saturated heterocycles. The van der Waals surface area contributed by atoms with Crippen LogP contribution in [0.1, 0.15) is 17.3 Å². The van der Waals surface area contributed by atoms with Gasteiger partial charge in [-0.2, -0.15) is 5.26 Å². The molecule has 0 aliphatic rings. The van der Waals surface area contributed by atoms with Gasteiger partial charge in [-0.1, -0.05) is 11.6 Å². The van der Waals surface area contributed by atoms with Gasteiger partial charge >= 0.3 is 0 Å². The molecule has 0 bridgehead atoms. The van der Waals surface area contributed by atoms with E-state index in [4.69, 9.17) is 16.9 Å². The molecule has 1 aromatic carbocycles. The summed E-state index contributed by atoms with van der Waals surface area (Å²) in [6, 6.07) is 5.53. The monoisotopic (exact) mass is 240 g/mol. The molecule has 0 aliphatic carbocycles. The van der Waals surface area contributed by atoms with Gasteiger partial charge in [-0.3, -0.25) is 4.79 Å².